The highest BCUT2D eigenvalue weighted by atomic mass is 16.6. The Hall–Kier alpha value is -2.87. The molecule has 0 aromatic carbocycles. The van der Waals surface area contributed by atoms with Crippen LogP contribution in [0.1, 0.15) is 50.4 Å². The van der Waals surface area contributed by atoms with Gasteiger partial charge in [0.1, 0.15) is 24.3 Å². The van der Waals surface area contributed by atoms with Gasteiger partial charge in [-0.2, -0.15) is 0 Å². The molecule has 1 fully saturated rings. The summed E-state index contributed by atoms with van der Waals surface area (Å²) in [6.45, 7) is 7.94. The van der Waals surface area contributed by atoms with Gasteiger partial charge in [-0.1, -0.05) is 19.0 Å². The van der Waals surface area contributed by atoms with Crippen molar-refractivity contribution in [3.8, 4) is 0 Å². The molecule has 0 aliphatic carbocycles. The van der Waals surface area contributed by atoms with Crippen molar-refractivity contribution < 1.29 is 42.6 Å². The lowest BCUT2D eigenvalue weighted by molar-refractivity contribution is -0.134. The van der Waals surface area contributed by atoms with Gasteiger partial charge in [-0.25, -0.2) is 0 Å². The first-order chi connectivity index (χ1) is 17.5. The number of hydrogen-bond donors (Lipinski definition) is 3. The Morgan fingerprint density at radius 2 is 1.59 bits per heavy atom. The Labute approximate surface area is 216 Å². The van der Waals surface area contributed by atoms with Gasteiger partial charge in [-0.3, -0.25) is 19.2 Å². The molecule has 4 atom stereocenters. The van der Waals surface area contributed by atoms with Gasteiger partial charge in [0.05, 0.1) is 25.9 Å². The van der Waals surface area contributed by atoms with Crippen LogP contribution in [-0.2, 0) is 39.9 Å². The fraction of sp³-hybridized carbons (Fsp3) is 0.708. The molecule has 3 amide bonds. The molecule has 0 bridgehead atoms. The zero-order chi connectivity index (χ0) is 27.6. The first-order valence-corrected chi connectivity index (χ1v) is 12.2. The molecule has 13 heteroatoms. The molecule has 0 spiro atoms. The zero-order valence-corrected chi connectivity index (χ0v) is 22.3. The van der Waals surface area contributed by atoms with Crippen LogP contribution in [0.15, 0.2) is 10.6 Å². The summed E-state index contributed by atoms with van der Waals surface area (Å²) in [5.74, 6) is -1.70. The van der Waals surface area contributed by atoms with Crippen molar-refractivity contribution in [1.29, 1.82) is 0 Å². The minimum Gasteiger partial charge on any atom is -0.382 e. The number of aromatic nitrogens is 1. The van der Waals surface area contributed by atoms with Crippen LogP contribution < -0.4 is 16.0 Å². The van der Waals surface area contributed by atoms with Gasteiger partial charge < -0.3 is 39.4 Å². The summed E-state index contributed by atoms with van der Waals surface area (Å²) in [7, 11) is 2.74. The molecule has 208 valence electrons. The van der Waals surface area contributed by atoms with Crippen LogP contribution in [0.25, 0.3) is 0 Å². The highest BCUT2D eigenvalue weighted by Gasteiger charge is 2.50. The second-order valence-corrected chi connectivity index (χ2v) is 9.39. The molecular weight excluding hydrogens is 488 g/mol. The van der Waals surface area contributed by atoms with Crippen molar-refractivity contribution in [2.24, 2.45) is 5.92 Å². The maximum atomic E-state index is 13.1. The third kappa shape index (κ3) is 9.18. The molecule has 2 heterocycles. The van der Waals surface area contributed by atoms with Gasteiger partial charge in [0.25, 0.3) is 5.91 Å². The number of methoxy groups -OCH3 is 2. The molecule has 1 aromatic rings. The van der Waals surface area contributed by atoms with Gasteiger partial charge >= 0.3 is 0 Å². The van der Waals surface area contributed by atoms with E-state index in [0.717, 1.165) is 0 Å². The van der Waals surface area contributed by atoms with Gasteiger partial charge in [-0.15, -0.1) is 0 Å². The molecule has 4 unspecified atom stereocenters. The van der Waals surface area contributed by atoms with Crippen LogP contribution in [0.2, 0.25) is 0 Å². The lowest BCUT2D eigenvalue weighted by Gasteiger charge is -2.26. The number of nitrogens with one attached hydrogen (secondary N) is 3. The molecule has 1 aliphatic rings. The van der Waals surface area contributed by atoms with Crippen molar-refractivity contribution in [3.63, 3.8) is 0 Å². The van der Waals surface area contributed by atoms with Crippen LogP contribution in [-0.4, -0.2) is 93.0 Å². The Kier molecular flexibility index (Phi) is 11.6. The third-order valence-corrected chi connectivity index (χ3v) is 5.60. The molecule has 1 aromatic heterocycles. The van der Waals surface area contributed by atoms with Crippen molar-refractivity contribution in [3.05, 3.63) is 17.5 Å². The maximum absolute atomic E-state index is 13.1. The molecule has 3 N–H and O–H groups in total. The number of nitrogens with zero attached hydrogens (tertiary/aromatic N) is 1. The standard InChI is InChI=1S/C24H38N4O9/c1-7-35-10-15-9-17(28-37-15)21(30)26-19(12-34-6)23(32)27-18(11-33-5)22(31)25-16(8-14(2)3)20(29)24(4)13-36-24/h9,14,16,18-19H,7-8,10-13H2,1-6H3,(H,25,31)(H,26,30)(H,27,32). The molecule has 0 saturated carbocycles. The van der Waals surface area contributed by atoms with E-state index in [1.54, 1.807) is 6.92 Å². The number of Topliss-reactive ketones (excluding diaryl/α,β-unsaturated/α-hetero) is 1. The van der Waals surface area contributed by atoms with E-state index in [9.17, 15) is 19.2 Å². The number of rotatable bonds is 17. The monoisotopic (exact) mass is 526 g/mol. The Bertz CT molecular complexity index is 929. The summed E-state index contributed by atoms with van der Waals surface area (Å²) in [6.07, 6.45) is 0.405. The quantitative estimate of drug-likeness (QED) is 0.234. The SMILES string of the molecule is CCOCc1cc(C(=O)NC(COC)C(=O)NC(COC)C(=O)NC(CC(C)C)C(=O)C2(C)CO2)no1. The predicted octanol–water partition coefficient (Wildman–Crippen LogP) is -0.0240. The normalized spacial score (nSPS) is 19.1. The van der Waals surface area contributed by atoms with Crippen LogP contribution in [0, 0.1) is 5.92 Å². The van der Waals surface area contributed by atoms with E-state index in [1.165, 1.54) is 20.3 Å². The van der Waals surface area contributed by atoms with Crippen LogP contribution >= 0.6 is 0 Å². The second kappa shape index (κ2) is 14.2. The van der Waals surface area contributed by atoms with E-state index in [0.29, 0.717) is 25.4 Å². The minimum absolute atomic E-state index is 0.0411. The molecule has 0 radical (unpaired) electrons. The number of ketones is 1. The number of carbonyl (C=O) groups is 4. The molecule has 1 aliphatic heterocycles. The lowest BCUT2D eigenvalue weighted by atomic mass is 9.93. The Balaban J connectivity index is 2.06. The first kappa shape index (κ1) is 30.4. The number of hydrogen-bond acceptors (Lipinski definition) is 10. The fourth-order valence-electron chi connectivity index (χ4n) is 3.49. The van der Waals surface area contributed by atoms with Crippen LogP contribution in [0.4, 0.5) is 0 Å². The van der Waals surface area contributed by atoms with Crippen LogP contribution in [0.3, 0.4) is 0 Å². The summed E-state index contributed by atoms with van der Waals surface area (Å²) in [5, 5.41) is 11.5. The zero-order valence-electron chi connectivity index (χ0n) is 22.3. The lowest BCUT2D eigenvalue weighted by Crippen LogP contribution is -2.58. The van der Waals surface area contributed by atoms with Gasteiger partial charge in [0, 0.05) is 26.9 Å². The number of carbonyl (C=O) groups excluding carboxylic acids is 4. The predicted molar refractivity (Wildman–Crippen MR) is 130 cm³/mol. The second-order valence-electron chi connectivity index (χ2n) is 9.39. The third-order valence-electron chi connectivity index (χ3n) is 5.60. The summed E-state index contributed by atoms with van der Waals surface area (Å²) in [5.41, 5.74) is -0.953. The fourth-order valence-corrected chi connectivity index (χ4v) is 3.49. The van der Waals surface area contributed by atoms with Crippen molar-refractivity contribution in [2.45, 2.75) is 64.4 Å². The summed E-state index contributed by atoms with van der Waals surface area (Å²) in [6, 6.07) is -1.66. The molecule has 1 saturated heterocycles. The first-order valence-electron chi connectivity index (χ1n) is 12.2. The largest absolute Gasteiger partial charge is 0.382 e. The summed E-state index contributed by atoms with van der Waals surface area (Å²) in [4.78, 5) is 51.6. The Morgan fingerprint density at radius 1 is 1.03 bits per heavy atom. The minimum atomic E-state index is -1.15. The van der Waals surface area contributed by atoms with E-state index in [1.807, 2.05) is 20.8 Å². The van der Waals surface area contributed by atoms with Crippen molar-refractivity contribution >= 4 is 23.5 Å². The number of ether oxygens (including phenoxy) is 4. The highest BCUT2D eigenvalue weighted by molar-refractivity contribution is 5.99. The molecule has 37 heavy (non-hydrogen) atoms. The van der Waals surface area contributed by atoms with E-state index in [-0.39, 0.29) is 37.2 Å². The average molecular weight is 527 g/mol. The number of amides is 3. The number of epoxide rings is 1. The highest BCUT2D eigenvalue weighted by Crippen LogP contribution is 2.29. The molecular formula is C24H38N4O9. The van der Waals surface area contributed by atoms with Crippen molar-refractivity contribution in [2.75, 3.05) is 40.6 Å². The molecule has 2 rings (SSSR count). The summed E-state index contributed by atoms with van der Waals surface area (Å²) < 4.78 is 25.7. The average Bonchev–Trinajstić information content (AvgIpc) is 3.42. The van der Waals surface area contributed by atoms with Crippen LogP contribution in [0.5, 0.6) is 0 Å². The van der Waals surface area contributed by atoms with Crippen molar-refractivity contribution in [1.82, 2.24) is 21.1 Å². The topological polar surface area (TPSA) is 171 Å². The van der Waals surface area contributed by atoms with Gasteiger partial charge in [-0.05, 0) is 26.2 Å². The van der Waals surface area contributed by atoms with E-state index < -0.39 is 41.4 Å². The summed E-state index contributed by atoms with van der Waals surface area (Å²) >= 11 is 0. The van der Waals surface area contributed by atoms with E-state index in [4.69, 9.17) is 23.5 Å². The van der Waals surface area contributed by atoms with E-state index in [2.05, 4.69) is 21.1 Å². The van der Waals surface area contributed by atoms with Gasteiger partial charge in [0.2, 0.25) is 11.8 Å². The molecule has 13 nitrogen and oxygen atoms in total. The maximum Gasteiger partial charge on any atom is 0.274 e. The Morgan fingerprint density at radius 3 is 2.11 bits per heavy atom. The van der Waals surface area contributed by atoms with Gasteiger partial charge in [0.15, 0.2) is 17.2 Å². The smallest absolute Gasteiger partial charge is 0.274 e. The van der Waals surface area contributed by atoms with E-state index >= 15 is 0 Å².